The van der Waals surface area contributed by atoms with Gasteiger partial charge in [-0.15, -0.1) is 0 Å². The van der Waals surface area contributed by atoms with E-state index in [1.54, 1.807) is 24.3 Å². The van der Waals surface area contributed by atoms with Gasteiger partial charge in [0.2, 0.25) is 0 Å². The number of urea groups is 1. The molecule has 0 atom stereocenters. The van der Waals surface area contributed by atoms with Crippen molar-refractivity contribution in [2.45, 2.75) is 13.3 Å². The van der Waals surface area contributed by atoms with Crippen molar-refractivity contribution in [2.75, 3.05) is 0 Å². The summed E-state index contributed by atoms with van der Waals surface area (Å²) in [6.45, 7) is 1.49. The molecule has 0 unspecified atom stereocenters. The average molecular weight is 272 g/mol. The molecule has 0 aliphatic carbocycles. The first-order valence-corrected chi connectivity index (χ1v) is 5.87. The maximum Gasteiger partial charge on any atom is 0.347 e. The van der Waals surface area contributed by atoms with Gasteiger partial charge in [0.05, 0.1) is 0 Å². The smallest absolute Gasteiger partial charge is 0.347 e. The fourth-order valence-corrected chi connectivity index (χ4v) is 1.81. The molecule has 1 aromatic carbocycles. The minimum atomic E-state index is -0.874. The SMILES string of the molecule is CC(CC(=O)c1cc2ccccc2oc1=O)=NC(N)=O. The lowest BCUT2D eigenvalue weighted by molar-refractivity contribution is 0.0997. The molecule has 2 aromatic rings. The third-order valence-corrected chi connectivity index (χ3v) is 2.66. The van der Waals surface area contributed by atoms with Gasteiger partial charge in [0.15, 0.2) is 5.78 Å². The van der Waals surface area contributed by atoms with Gasteiger partial charge >= 0.3 is 11.7 Å². The highest BCUT2D eigenvalue weighted by molar-refractivity contribution is 6.11. The summed E-state index contributed by atoms with van der Waals surface area (Å²) in [5.74, 6) is -0.466. The monoisotopic (exact) mass is 272 g/mol. The Hall–Kier alpha value is -2.76. The number of ketones is 1. The van der Waals surface area contributed by atoms with E-state index >= 15 is 0 Å². The average Bonchev–Trinajstić information content (AvgIpc) is 2.36. The Morgan fingerprint density at radius 3 is 2.70 bits per heavy atom. The number of para-hydroxylation sites is 1. The highest BCUT2D eigenvalue weighted by Crippen LogP contribution is 2.13. The minimum absolute atomic E-state index is 0.0669. The Balaban J connectivity index is 2.37. The van der Waals surface area contributed by atoms with Crippen molar-refractivity contribution in [2.24, 2.45) is 10.7 Å². The van der Waals surface area contributed by atoms with Crippen LogP contribution in [0.1, 0.15) is 23.7 Å². The first-order chi connectivity index (χ1) is 9.47. The van der Waals surface area contributed by atoms with Crippen molar-refractivity contribution in [3.63, 3.8) is 0 Å². The van der Waals surface area contributed by atoms with E-state index in [9.17, 15) is 14.4 Å². The molecule has 0 bridgehead atoms. The van der Waals surface area contributed by atoms with E-state index < -0.39 is 17.4 Å². The molecule has 0 saturated heterocycles. The summed E-state index contributed by atoms with van der Waals surface area (Å²) < 4.78 is 5.07. The van der Waals surface area contributed by atoms with Crippen LogP contribution in [-0.4, -0.2) is 17.5 Å². The van der Waals surface area contributed by atoms with Gasteiger partial charge in [0.1, 0.15) is 11.1 Å². The zero-order chi connectivity index (χ0) is 14.7. The predicted octanol–water partition coefficient (Wildman–Crippen LogP) is 1.91. The van der Waals surface area contributed by atoms with Crippen LogP contribution in [0.2, 0.25) is 0 Å². The van der Waals surface area contributed by atoms with Crippen molar-refractivity contribution >= 4 is 28.5 Å². The van der Waals surface area contributed by atoms with Crippen LogP contribution in [0, 0.1) is 0 Å². The van der Waals surface area contributed by atoms with Crippen LogP contribution < -0.4 is 11.4 Å². The van der Waals surface area contributed by atoms with Gasteiger partial charge in [-0.2, -0.15) is 0 Å². The van der Waals surface area contributed by atoms with E-state index in [1.807, 2.05) is 0 Å². The molecule has 0 aliphatic heterocycles. The molecule has 0 aliphatic rings. The quantitative estimate of drug-likeness (QED) is 0.523. The third kappa shape index (κ3) is 2.97. The maximum atomic E-state index is 12.0. The van der Waals surface area contributed by atoms with Gasteiger partial charge in [-0.25, -0.2) is 14.6 Å². The number of hydrogen-bond acceptors (Lipinski definition) is 4. The standard InChI is InChI=1S/C14H12N2O4/c1-8(16-14(15)19)6-11(17)10-7-9-4-2-3-5-12(9)20-13(10)18/h2-5,7H,6H2,1H3,(H2,15,19). The molecule has 0 fully saturated rings. The maximum absolute atomic E-state index is 12.0. The summed E-state index contributed by atoms with van der Waals surface area (Å²) in [5.41, 5.74) is 4.78. The molecule has 1 heterocycles. The number of carbonyl (C=O) groups excluding carboxylic acids is 2. The summed E-state index contributed by atoms with van der Waals surface area (Å²) in [4.78, 5) is 37.8. The van der Waals surface area contributed by atoms with Crippen molar-refractivity contribution < 1.29 is 14.0 Å². The number of benzene rings is 1. The number of amides is 2. The number of hydrogen-bond donors (Lipinski definition) is 1. The highest BCUT2D eigenvalue weighted by atomic mass is 16.4. The number of rotatable bonds is 3. The second kappa shape index (κ2) is 5.48. The second-order valence-electron chi connectivity index (χ2n) is 4.27. The number of primary amides is 1. The number of nitrogens with two attached hydrogens (primary N) is 1. The van der Waals surface area contributed by atoms with Gasteiger partial charge in [0, 0.05) is 17.5 Å². The number of nitrogens with zero attached hydrogens (tertiary/aromatic N) is 1. The molecule has 102 valence electrons. The molecule has 2 N–H and O–H groups in total. The number of fused-ring (bicyclic) bond motifs is 1. The lowest BCUT2D eigenvalue weighted by atomic mass is 10.1. The Labute approximate surface area is 113 Å². The zero-order valence-electron chi connectivity index (χ0n) is 10.8. The largest absolute Gasteiger partial charge is 0.422 e. The first-order valence-electron chi connectivity index (χ1n) is 5.87. The van der Waals surface area contributed by atoms with E-state index in [2.05, 4.69) is 4.99 Å². The lowest BCUT2D eigenvalue weighted by Crippen LogP contribution is -2.17. The van der Waals surface area contributed by atoms with E-state index in [4.69, 9.17) is 10.2 Å². The summed E-state index contributed by atoms with van der Waals surface area (Å²) in [6.07, 6.45) is -0.161. The van der Waals surface area contributed by atoms with Crippen LogP contribution in [0.25, 0.3) is 11.0 Å². The van der Waals surface area contributed by atoms with Gasteiger partial charge in [-0.3, -0.25) is 4.79 Å². The normalized spacial score (nSPS) is 11.6. The number of carbonyl (C=O) groups is 2. The van der Waals surface area contributed by atoms with Crippen LogP contribution in [0.15, 0.2) is 44.5 Å². The molecular weight excluding hydrogens is 260 g/mol. The number of aliphatic imine (C=N–C) groups is 1. The third-order valence-electron chi connectivity index (χ3n) is 2.66. The van der Waals surface area contributed by atoms with Gasteiger partial charge in [0.25, 0.3) is 0 Å². The van der Waals surface area contributed by atoms with Crippen LogP contribution in [0.5, 0.6) is 0 Å². The molecule has 2 amide bonds. The van der Waals surface area contributed by atoms with E-state index in [0.717, 1.165) is 0 Å². The van der Waals surface area contributed by atoms with E-state index in [-0.39, 0.29) is 17.7 Å². The predicted molar refractivity (Wildman–Crippen MR) is 74.1 cm³/mol. The van der Waals surface area contributed by atoms with Crippen LogP contribution in [0.4, 0.5) is 4.79 Å². The Morgan fingerprint density at radius 1 is 1.30 bits per heavy atom. The van der Waals surface area contributed by atoms with Crippen LogP contribution in [0.3, 0.4) is 0 Å². The fraction of sp³-hybridized carbons (Fsp3) is 0.143. The van der Waals surface area contributed by atoms with E-state index in [1.165, 1.54) is 13.0 Å². The number of Topliss-reactive ketones (excluding diaryl/α,β-unsaturated/α-hetero) is 1. The van der Waals surface area contributed by atoms with Gasteiger partial charge in [-0.05, 0) is 19.1 Å². The minimum Gasteiger partial charge on any atom is -0.422 e. The molecule has 6 nitrogen and oxygen atoms in total. The first kappa shape index (κ1) is 13.7. The van der Waals surface area contributed by atoms with Crippen molar-refractivity contribution in [3.8, 4) is 0 Å². The molecule has 6 heteroatoms. The van der Waals surface area contributed by atoms with Crippen molar-refractivity contribution in [3.05, 3.63) is 46.3 Å². The molecule has 20 heavy (non-hydrogen) atoms. The van der Waals surface area contributed by atoms with Gasteiger partial charge in [-0.1, -0.05) is 18.2 Å². The molecule has 2 rings (SSSR count). The molecular formula is C14H12N2O4. The lowest BCUT2D eigenvalue weighted by Gasteiger charge is -2.01. The second-order valence-corrected chi connectivity index (χ2v) is 4.27. The van der Waals surface area contributed by atoms with Crippen LogP contribution >= 0.6 is 0 Å². The molecule has 1 aromatic heterocycles. The summed E-state index contributed by atoms with van der Waals surface area (Å²) >= 11 is 0. The molecule has 0 saturated carbocycles. The highest BCUT2D eigenvalue weighted by Gasteiger charge is 2.14. The Kier molecular flexibility index (Phi) is 3.74. The van der Waals surface area contributed by atoms with Crippen molar-refractivity contribution in [1.82, 2.24) is 0 Å². The molecule has 0 spiro atoms. The topological polar surface area (TPSA) is 103 Å². The zero-order valence-corrected chi connectivity index (χ0v) is 10.8. The summed E-state index contributed by atoms with van der Waals surface area (Å²) in [7, 11) is 0. The Morgan fingerprint density at radius 2 is 2.00 bits per heavy atom. The fourth-order valence-electron chi connectivity index (χ4n) is 1.81. The summed E-state index contributed by atoms with van der Waals surface area (Å²) in [5, 5.41) is 0.653. The van der Waals surface area contributed by atoms with Gasteiger partial charge < -0.3 is 10.2 Å². The van der Waals surface area contributed by atoms with Crippen LogP contribution in [-0.2, 0) is 0 Å². The summed E-state index contributed by atoms with van der Waals surface area (Å²) in [6, 6.07) is 7.48. The Bertz CT molecular complexity index is 774. The molecule has 0 radical (unpaired) electrons. The van der Waals surface area contributed by atoms with Crippen molar-refractivity contribution in [1.29, 1.82) is 0 Å². The van der Waals surface area contributed by atoms with E-state index in [0.29, 0.717) is 11.0 Å².